The molecule has 0 aromatic carbocycles. The van der Waals surface area contributed by atoms with Crippen LogP contribution in [-0.2, 0) is 0 Å². The minimum atomic E-state index is -1.67. The van der Waals surface area contributed by atoms with Crippen molar-refractivity contribution in [3.8, 4) is 0 Å². The van der Waals surface area contributed by atoms with Crippen LogP contribution in [0.5, 0.6) is 0 Å². The van der Waals surface area contributed by atoms with E-state index in [9.17, 15) is 0 Å². The Morgan fingerprint density at radius 2 is 0.929 bits per heavy atom. The molecule has 0 fully saturated rings. The average molecular weight is 285 g/mol. The fourth-order valence-corrected chi connectivity index (χ4v) is 0.671. The van der Waals surface area contributed by atoms with Crippen molar-refractivity contribution < 1.29 is 77.2 Å². The molecule has 6 nitrogen and oxygen atoms in total. The molecule has 4 unspecified atom stereocenters. The standard InChI is InChI=1S/C6H14O6.BrH.Na/c7-1-3(9)5(11)6(12)4(10)2-8;;/h3-12H,1-2H2;1H;/q;;+1/p-1. The summed E-state index contributed by atoms with van der Waals surface area (Å²) >= 11 is 0. The molecule has 0 aliphatic rings. The summed E-state index contributed by atoms with van der Waals surface area (Å²) in [6.07, 6.45) is -6.39. The van der Waals surface area contributed by atoms with Crippen LogP contribution < -0.4 is 46.5 Å². The summed E-state index contributed by atoms with van der Waals surface area (Å²) in [6, 6.07) is 0. The third-order valence-electron chi connectivity index (χ3n) is 1.51. The van der Waals surface area contributed by atoms with Crippen LogP contribution in [0.1, 0.15) is 0 Å². The van der Waals surface area contributed by atoms with Crippen LogP contribution in [0.3, 0.4) is 0 Å². The molecule has 82 valence electrons. The zero-order valence-electron chi connectivity index (χ0n) is 7.78. The zero-order valence-corrected chi connectivity index (χ0v) is 11.4. The summed E-state index contributed by atoms with van der Waals surface area (Å²) in [7, 11) is 0. The van der Waals surface area contributed by atoms with Crippen LogP contribution in [-0.4, -0.2) is 68.3 Å². The second-order valence-electron chi connectivity index (χ2n) is 2.48. The van der Waals surface area contributed by atoms with E-state index < -0.39 is 37.6 Å². The van der Waals surface area contributed by atoms with Gasteiger partial charge in [-0.3, -0.25) is 0 Å². The number of hydrogen-bond donors (Lipinski definition) is 6. The summed E-state index contributed by atoms with van der Waals surface area (Å²) in [5, 5.41) is 52.2. The predicted octanol–water partition coefficient (Wildman–Crippen LogP) is -9.58. The third-order valence-corrected chi connectivity index (χ3v) is 1.51. The molecule has 0 aromatic heterocycles. The SMILES string of the molecule is OCC(O)C(O)C(O)C(O)CO.[Br-].[Na+]. The molecule has 0 rings (SSSR count). The largest absolute Gasteiger partial charge is 1.00 e. The second kappa shape index (κ2) is 10.7. The quantitative estimate of drug-likeness (QED) is 0.279. The van der Waals surface area contributed by atoms with E-state index in [1.165, 1.54) is 0 Å². The van der Waals surface area contributed by atoms with Crippen molar-refractivity contribution >= 4 is 0 Å². The molecule has 0 spiro atoms. The van der Waals surface area contributed by atoms with Gasteiger partial charge in [0.05, 0.1) is 13.2 Å². The molecule has 0 aliphatic carbocycles. The van der Waals surface area contributed by atoms with Gasteiger partial charge in [-0.05, 0) is 0 Å². The van der Waals surface area contributed by atoms with Crippen LogP contribution in [0, 0.1) is 0 Å². The van der Waals surface area contributed by atoms with Crippen molar-refractivity contribution in [2.24, 2.45) is 0 Å². The minimum Gasteiger partial charge on any atom is -1.00 e. The van der Waals surface area contributed by atoms with E-state index in [2.05, 4.69) is 0 Å². The Morgan fingerprint density at radius 3 is 1.07 bits per heavy atom. The van der Waals surface area contributed by atoms with Crippen molar-refractivity contribution in [3.63, 3.8) is 0 Å². The van der Waals surface area contributed by atoms with Gasteiger partial charge in [0.15, 0.2) is 0 Å². The van der Waals surface area contributed by atoms with Crippen LogP contribution in [0.2, 0.25) is 0 Å². The van der Waals surface area contributed by atoms with Gasteiger partial charge in [0, 0.05) is 0 Å². The minimum absolute atomic E-state index is 0. The van der Waals surface area contributed by atoms with Crippen LogP contribution in [0.4, 0.5) is 0 Å². The maximum Gasteiger partial charge on any atom is 1.00 e. The van der Waals surface area contributed by atoms with E-state index in [-0.39, 0.29) is 46.5 Å². The smallest absolute Gasteiger partial charge is 1.00 e. The first-order valence-corrected chi connectivity index (χ1v) is 3.48. The van der Waals surface area contributed by atoms with Gasteiger partial charge in [0.25, 0.3) is 0 Å². The first kappa shape index (κ1) is 20.6. The first-order valence-electron chi connectivity index (χ1n) is 3.48. The van der Waals surface area contributed by atoms with E-state index in [0.717, 1.165) is 0 Å². The van der Waals surface area contributed by atoms with Gasteiger partial charge in [-0.25, -0.2) is 0 Å². The van der Waals surface area contributed by atoms with Gasteiger partial charge in [-0.1, -0.05) is 0 Å². The Morgan fingerprint density at radius 1 is 0.714 bits per heavy atom. The van der Waals surface area contributed by atoms with Crippen molar-refractivity contribution in [2.75, 3.05) is 13.2 Å². The molecule has 8 heteroatoms. The molecule has 0 heterocycles. The summed E-state index contributed by atoms with van der Waals surface area (Å²) in [6.45, 7) is -1.45. The number of aliphatic hydroxyl groups is 6. The maximum absolute atomic E-state index is 8.96. The van der Waals surface area contributed by atoms with Gasteiger partial charge in [0.1, 0.15) is 24.4 Å². The average Bonchev–Trinajstić information content (AvgIpc) is 2.12. The van der Waals surface area contributed by atoms with E-state index in [4.69, 9.17) is 30.6 Å². The van der Waals surface area contributed by atoms with Gasteiger partial charge in [0.2, 0.25) is 0 Å². The molecule has 4 atom stereocenters. The van der Waals surface area contributed by atoms with Gasteiger partial charge in [-0.2, -0.15) is 0 Å². The van der Waals surface area contributed by atoms with Gasteiger partial charge in [-0.15, -0.1) is 0 Å². The van der Waals surface area contributed by atoms with E-state index in [0.29, 0.717) is 0 Å². The van der Waals surface area contributed by atoms with Crippen molar-refractivity contribution in [1.29, 1.82) is 0 Å². The predicted molar refractivity (Wildman–Crippen MR) is 38.2 cm³/mol. The number of rotatable bonds is 5. The van der Waals surface area contributed by atoms with Crippen molar-refractivity contribution in [1.82, 2.24) is 0 Å². The number of hydrogen-bond acceptors (Lipinski definition) is 6. The maximum atomic E-state index is 8.96. The fraction of sp³-hybridized carbons (Fsp3) is 1.00. The molecule has 14 heavy (non-hydrogen) atoms. The Kier molecular flexibility index (Phi) is 15.8. The Bertz CT molecular complexity index is 115. The third kappa shape index (κ3) is 6.67. The van der Waals surface area contributed by atoms with E-state index >= 15 is 0 Å². The fourth-order valence-electron chi connectivity index (χ4n) is 0.671. The summed E-state index contributed by atoms with van der Waals surface area (Å²) in [5.41, 5.74) is 0. The summed E-state index contributed by atoms with van der Waals surface area (Å²) in [5.74, 6) is 0. The molecule has 6 N–H and O–H groups in total. The zero-order chi connectivity index (χ0) is 9.72. The van der Waals surface area contributed by atoms with Gasteiger partial charge >= 0.3 is 29.6 Å². The topological polar surface area (TPSA) is 121 Å². The normalized spacial score (nSPS) is 18.4. The molecule has 0 saturated carbocycles. The molecular formula is C6H14BrNaO6. The molecule has 0 amide bonds. The van der Waals surface area contributed by atoms with Crippen LogP contribution >= 0.6 is 0 Å². The van der Waals surface area contributed by atoms with Crippen LogP contribution in [0.15, 0.2) is 0 Å². The van der Waals surface area contributed by atoms with Crippen molar-refractivity contribution in [3.05, 3.63) is 0 Å². The number of halogens is 1. The molecular weight excluding hydrogens is 271 g/mol. The molecule has 0 aromatic rings. The molecule has 0 radical (unpaired) electrons. The first-order chi connectivity index (χ1) is 5.54. The monoisotopic (exact) mass is 284 g/mol. The number of aliphatic hydroxyl groups excluding tert-OH is 6. The van der Waals surface area contributed by atoms with Crippen LogP contribution in [0.25, 0.3) is 0 Å². The van der Waals surface area contributed by atoms with E-state index in [1.807, 2.05) is 0 Å². The van der Waals surface area contributed by atoms with Crippen molar-refractivity contribution in [2.45, 2.75) is 24.4 Å². The summed E-state index contributed by atoms with van der Waals surface area (Å²) < 4.78 is 0. The van der Waals surface area contributed by atoms with Gasteiger partial charge < -0.3 is 47.6 Å². The molecule has 0 aliphatic heterocycles. The Balaban J connectivity index is -0.000000605. The second-order valence-corrected chi connectivity index (χ2v) is 2.48. The Labute approximate surface area is 114 Å². The summed E-state index contributed by atoms with van der Waals surface area (Å²) in [4.78, 5) is 0. The Hall–Kier alpha value is 1.24. The molecule has 0 bridgehead atoms. The molecule has 0 saturated heterocycles. The van der Waals surface area contributed by atoms with E-state index in [1.54, 1.807) is 0 Å².